The third-order valence-electron chi connectivity index (χ3n) is 1.33. The second-order valence-corrected chi connectivity index (χ2v) is 2.32. The molecule has 0 aliphatic rings. The maximum Gasteiger partial charge on any atom is 0.310 e. The summed E-state index contributed by atoms with van der Waals surface area (Å²) in [6.07, 6.45) is 0.575. The van der Waals surface area contributed by atoms with Gasteiger partial charge in [0.1, 0.15) is 0 Å². The number of hydrogen-bond acceptors (Lipinski definition) is 4. The Morgan fingerprint density at radius 1 is 1.42 bits per heavy atom. The zero-order valence-electron chi connectivity index (χ0n) is 7.83. The van der Waals surface area contributed by atoms with Gasteiger partial charge >= 0.3 is 5.97 Å². The third kappa shape index (κ3) is 5.09. The largest absolute Gasteiger partial charge is 0.469 e. The van der Waals surface area contributed by atoms with Crippen molar-refractivity contribution in [3.05, 3.63) is 0 Å². The molecule has 4 nitrogen and oxygen atoms in total. The fraction of sp³-hybridized carbons (Fsp3) is 0.875. The van der Waals surface area contributed by atoms with Crippen molar-refractivity contribution in [2.24, 2.45) is 0 Å². The molecule has 0 aromatic rings. The molecule has 0 rings (SSSR count). The summed E-state index contributed by atoms with van der Waals surface area (Å²) in [4.78, 5) is 10.8. The van der Waals surface area contributed by atoms with Gasteiger partial charge in [0, 0.05) is 13.7 Å². The van der Waals surface area contributed by atoms with Crippen molar-refractivity contribution in [3.63, 3.8) is 0 Å². The summed E-state index contributed by atoms with van der Waals surface area (Å²) in [6.45, 7) is 2.58. The van der Waals surface area contributed by atoms with E-state index in [1.807, 2.05) is 6.92 Å². The Morgan fingerprint density at radius 3 is 2.50 bits per heavy atom. The number of methoxy groups -OCH3 is 2. The minimum absolute atomic E-state index is 0.146. The third-order valence-corrected chi connectivity index (χ3v) is 1.33. The van der Waals surface area contributed by atoms with Crippen LogP contribution in [-0.4, -0.2) is 33.1 Å². The van der Waals surface area contributed by atoms with E-state index in [1.165, 1.54) is 14.2 Å². The van der Waals surface area contributed by atoms with E-state index in [9.17, 15) is 4.79 Å². The van der Waals surface area contributed by atoms with Crippen LogP contribution in [0.3, 0.4) is 0 Å². The van der Waals surface area contributed by atoms with E-state index in [2.05, 4.69) is 4.74 Å². The van der Waals surface area contributed by atoms with Gasteiger partial charge in [-0.2, -0.15) is 0 Å². The average molecular weight is 176 g/mol. The van der Waals surface area contributed by atoms with Crippen molar-refractivity contribution in [1.82, 2.24) is 0 Å². The van der Waals surface area contributed by atoms with Gasteiger partial charge in [-0.3, -0.25) is 4.79 Å². The highest BCUT2D eigenvalue weighted by molar-refractivity contribution is 5.69. The van der Waals surface area contributed by atoms with Gasteiger partial charge < -0.3 is 14.2 Å². The predicted octanol–water partition coefficient (Wildman–Crippen LogP) is 0.949. The van der Waals surface area contributed by atoms with Gasteiger partial charge in [-0.1, -0.05) is 6.92 Å². The number of ether oxygens (including phenoxy) is 3. The fourth-order valence-electron chi connectivity index (χ4n) is 0.679. The maximum atomic E-state index is 10.8. The second-order valence-electron chi connectivity index (χ2n) is 2.32. The van der Waals surface area contributed by atoms with Gasteiger partial charge in [0.25, 0.3) is 0 Å². The van der Waals surface area contributed by atoms with Crippen LogP contribution in [0.4, 0.5) is 0 Å². The summed E-state index contributed by atoms with van der Waals surface area (Å²) in [7, 11) is 2.85. The van der Waals surface area contributed by atoms with E-state index < -0.39 is 6.29 Å². The van der Waals surface area contributed by atoms with Crippen molar-refractivity contribution < 1.29 is 19.0 Å². The van der Waals surface area contributed by atoms with E-state index in [-0.39, 0.29) is 12.4 Å². The van der Waals surface area contributed by atoms with Crippen LogP contribution in [0.2, 0.25) is 0 Å². The van der Waals surface area contributed by atoms with Gasteiger partial charge in [-0.25, -0.2) is 0 Å². The molecular weight excluding hydrogens is 160 g/mol. The first-order valence-corrected chi connectivity index (χ1v) is 3.95. The van der Waals surface area contributed by atoms with Crippen molar-refractivity contribution >= 4 is 5.97 Å². The quantitative estimate of drug-likeness (QED) is 0.446. The summed E-state index contributed by atoms with van der Waals surface area (Å²) >= 11 is 0. The minimum atomic E-state index is -0.475. The molecule has 0 radical (unpaired) electrons. The molecule has 0 saturated carbocycles. The van der Waals surface area contributed by atoms with Crippen LogP contribution in [-0.2, 0) is 19.0 Å². The number of carbonyl (C=O) groups is 1. The topological polar surface area (TPSA) is 44.8 Å². The fourth-order valence-corrected chi connectivity index (χ4v) is 0.679. The molecule has 72 valence electrons. The van der Waals surface area contributed by atoms with Gasteiger partial charge in [0.15, 0.2) is 6.29 Å². The lowest BCUT2D eigenvalue weighted by Crippen LogP contribution is -2.20. The molecule has 1 unspecified atom stereocenters. The summed E-state index contributed by atoms with van der Waals surface area (Å²) in [6, 6.07) is 0. The normalized spacial score (nSPS) is 12.6. The highest BCUT2D eigenvalue weighted by atomic mass is 16.7. The maximum absolute atomic E-state index is 10.8. The van der Waals surface area contributed by atoms with E-state index in [0.29, 0.717) is 6.61 Å². The van der Waals surface area contributed by atoms with Crippen molar-refractivity contribution in [3.8, 4) is 0 Å². The van der Waals surface area contributed by atoms with E-state index in [1.54, 1.807) is 0 Å². The lowest BCUT2D eigenvalue weighted by atomic mass is 10.4. The highest BCUT2D eigenvalue weighted by Crippen LogP contribution is 2.01. The van der Waals surface area contributed by atoms with Crippen LogP contribution in [0.1, 0.15) is 19.8 Å². The highest BCUT2D eigenvalue weighted by Gasteiger charge is 2.12. The first-order valence-electron chi connectivity index (χ1n) is 3.95. The first-order chi connectivity index (χ1) is 5.74. The molecule has 0 saturated heterocycles. The Labute approximate surface area is 72.8 Å². The SMILES string of the molecule is CCCOC(CC(=O)OC)OC. The Bertz CT molecular complexity index is 124. The summed E-state index contributed by atoms with van der Waals surface area (Å²) < 4.78 is 14.6. The average Bonchev–Trinajstić information content (AvgIpc) is 2.11. The monoisotopic (exact) mass is 176 g/mol. The van der Waals surface area contributed by atoms with Gasteiger partial charge in [-0.15, -0.1) is 0 Å². The van der Waals surface area contributed by atoms with Crippen molar-refractivity contribution in [1.29, 1.82) is 0 Å². The molecule has 0 aliphatic carbocycles. The Morgan fingerprint density at radius 2 is 2.08 bits per heavy atom. The first kappa shape index (κ1) is 11.4. The van der Waals surface area contributed by atoms with Crippen LogP contribution in [0.25, 0.3) is 0 Å². The van der Waals surface area contributed by atoms with Gasteiger partial charge in [0.05, 0.1) is 13.5 Å². The standard InChI is InChI=1S/C8H16O4/c1-4-5-12-8(11-3)6-7(9)10-2/h8H,4-6H2,1-3H3. The van der Waals surface area contributed by atoms with Gasteiger partial charge in [-0.05, 0) is 6.42 Å². The molecule has 0 heterocycles. The van der Waals surface area contributed by atoms with Crippen LogP contribution in [0.5, 0.6) is 0 Å². The summed E-state index contributed by atoms with van der Waals surface area (Å²) in [5.74, 6) is -0.321. The van der Waals surface area contributed by atoms with Gasteiger partial charge in [0.2, 0.25) is 0 Å². The predicted molar refractivity (Wildman–Crippen MR) is 43.7 cm³/mol. The second kappa shape index (κ2) is 7.06. The molecule has 0 aliphatic heterocycles. The lowest BCUT2D eigenvalue weighted by Gasteiger charge is -2.13. The Kier molecular flexibility index (Phi) is 6.70. The van der Waals surface area contributed by atoms with Crippen LogP contribution < -0.4 is 0 Å². The molecule has 0 aromatic heterocycles. The van der Waals surface area contributed by atoms with E-state index >= 15 is 0 Å². The summed E-state index contributed by atoms with van der Waals surface area (Å²) in [5, 5.41) is 0. The Balaban J connectivity index is 3.59. The molecule has 1 atom stereocenters. The molecule has 0 bridgehead atoms. The number of rotatable bonds is 6. The molecule has 12 heavy (non-hydrogen) atoms. The molecule has 0 spiro atoms. The molecular formula is C8H16O4. The number of carbonyl (C=O) groups excluding carboxylic acids is 1. The van der Waals surface area contributed by atoms with Crippen molar-refractivity contribution in [2.75, 3.05) is 20.8 Å². The zero-order chi connectivity index (χ0) is 9.40. The molecule has 0 N–H and O–H groups in total. The van der Waals surface area contributed by atoms with E-state index in [4.69, 9.17) is 9.47 Å². The van der Waals surface area contributed by atoms with Crippen LogP contribution >= 0.6 is 0 Å². The molecule has 0 fully saturated rings. The molecule has 0 aromatic carbocycles. The number of hydrogen-bond donors (Lipinski definition) is 0. The Hall–Kier alpha value is -0.610. The van der Waals surface area contributed by atoms with E-state index in [0.717, 1.165) is 6.42 Å². The lowest BCUT2D eigenvalue weighted by molar-refractivity contribution is -0.162. The van der Waals surface area contributed by atoms with Crippen molar-refractivity contribution in [2.45, 2.75) is 26.1 Å². The molecule has 0 amide bonds. The minimum Gasteiger partial charge on any atom is -0.469 e. The zero-order valence-corrected chi connectivity index (χ0v) is 7.83. The van der Waals surface area contributed by atoms with Crippen LogP contribution in [0.15, 0.2) is 0 Å². The van der Waals surface area contributed by atoms with Crippen LogP contribution in [0, 0.1) is 0 Å². The smallest absolute Gasteiger partial charge is 0.310 e. The molecule has 4 heteroatoms. The summed E-state index contributed by atoms with van der Waals surface area (Å²) in [5.41, 5.74) is 0. The number of esters is 1.